The van der Waals surface area contributed by atoms with Gasteiger partial charge in [-0.2, -0.15) is 0 Å². The van der Waals surface area contributed by atoms with Crippen molar-refractivity contribution in [1.82, 2.24) is 15.6 Å². The van der Waals surface area contributed by atoms with Crippen LogP contribution in [0.15, 0.2) is 72.9 Å². The van der Waals surface area contributed by atoms with Crippen molar-refractivity contribution in [2.45, 2.75) is 38.0 Å². The maximum Gasteiger partial charge on any atom is 0.220 e. The number of benzene rings is 2. The Morgan fingerprint density at radius 3 is 2.38 bits per heavy atom. The van der Waals surface area contributed by atoms with Gasteiger partial charge in [0.2, 0.25) is 5.91 Å². The number of amides is 1. The highest BCUT2D eigenvalue weighted by Gasteiger charge is 2.22. The van der Waals surface area contributed by atoms with Crippen molar-refractivity contribution in [3.63, 3.8) is 0 Å². The Morgan fingerprint density at radius 1 is 0.969 bits per heavy atom. The highest BCUT2D eigenvalue weighted by atomic mass is 19.1. The number of aliphatic hydroxyl groups is 1. The lowest BCUT2D eigenvalue weighted by atomic mass is 10.00. The van der Waals surface area contributed by atoms with Gasteiger partial charge in [-0.05, 0) is 48.2 Å². The van der Waals surface area contributed by atoms with Gasteiger partial charge in [-0.15, -0.1) is 0 Å². The third kappa shape index (κ3) is 7.83. The average Bonchev–Trinajstić information content (AvgIpc) is 2.78. The second-order valence-electron chi connectivity index (χ2n) is 7.66. The number of aryl methyl sites for hydroxylation is 1. The molecule has 32 heavy (non-hydrogen) atoms. The minimum absolute atomic E-state index is 0.0954. The van der Waals surface area contributed by atoms with E-state index in [2.05, 4.69) is 15.6 Å². The van der Waals surface area contributed by atoms with E-state index in [0.29, 0.717) is 18.5 Å². The molecule has 0 spiro atoms. The van der Waals surface area contributed by atoms with Gasteiger partial charge in [-0.3, -0.25) is 9.78 Å². The van der Waals surface area contributed by atoms with Gasteiger partial charge in [0.05, 0.1) is 17.8 Å². The molecule has 1 aromatic heterocycles. The molecule has 1 heterocycles. The third-order valence-corrected chi connectivity index (χ3v) is 5.06. The van der Waals surface area contributed by atoms with Crippen LogP contribution in [0, 0.1) is 11.6 Å². The van der Waals surface area contributed by atoms with Gasteiger partial charge in [0.1, 0.15) is 11.6 Å². The van der Waals surface area contributed by atoms with Crippen LogP contribution in [0.5, 0.6) is 0 Å². The third-order valence-electron chi connectivity index (χ3n) is 5.06. The second-order valence-corrected chi connectivity index (χ2v) is 7.66. The summed E-state index contributed by atoms with van der Waals surface area (Å²) in [5, 5.41) is 16.7. The number of aliphatic hydroxyl groups excluding tert-OH is 1. The van der Waals surface area contributed by atoms with Crippen LogP contribution in [-0.2, 0) is 24.2 Å². The van der Waals surface area contributed by atoms with E-state index in [1.165, 1.54) is 12.1 Å². The van der Waals surface area contributed by atoms with Crippen LogP contribution in [0.2, 0.25) is 0 Å². The fourth-order valence-electron chi connectivity index (χ4n) is 3.44. The Labute approximate surface area is 186 Å². The Balaban J connectivity index is 1.61. The van der Waals surface area contributed by atoms with E-state index in [1.807, 2.05) is 48.5 Å². The summed E-state index contributed by atoms with van der Waals surface area (Å²) in [7, 11) is 0. The van der Waals surface area contributed by atoms with Crippen molar-refractivity contribution < 1.29 is 18.7 Å². The SMILES string of the molecule is O=C(CCc1ccccc1)N[C@@H](Cc1cc(F)cc(F)c1)[C@@H](O)CNCc1ccccn1. The largest absolute Gasteiger partial charge is 0.390 e. The standard InChI is InChI=1S/C25H27F2N3O2/c26-20-12-19(13-21(27)15-20)14-23(24(31)17-28-16-22-8-4-5-11-29-22)30-25(32)10-9-18-6-2-1-3-7-18/h1-8,11-13,15,23-24,28,31H,9-10,14,16-17H2,(H,30,32)/t23-,24-/m0/s1. The van der Waals surface area contributed by atoms with Gasteiger partial charge < -0.3 is 15.7 Å². The van der Waals surface area contributed by atoms with Gasteiger partial charge in [0.25, 0.3) is 0 Å². The molecule has 3 N–H and O–H groups in total. The summed E-state index contributed by atoms with van der Waals surface area (Å²) in [5.41, 5.74) is 2.21. The number of rotatable bonds is 11. The van der Waals surface area contributed by atoms with Crippen LogP contribution in [0.3, 0.4) is 0 Å². The summed E-state index contributed by atoms with van der Waals surface area (Å²) in [6.07, 6.45) is 1.61. The summed E-state index contributed by atoms with van der Waals surface area (Å²) in [6.45, 7) is 0.624. The normalized spacial score (nSPS) is 12.8. The molecule has 0 saturated heterocycles. The predicted octanol–water partition coefficient (Wildman–Crippen LogP) is 3.17. The number of carbonyl (C=O) groups is 1. The van der Waals surface area contributed by atoms with Crippen LogP contribution in [-0.4, -0.2) is 34.7 Å². The molecule has 7 heteroatoms. The first-order valence-corrected chi connectivity index (χ1v) is 10.6. The lowest BCUT2D eigenvalue weighted by molar-refractivity contribution is -0.122. The van der Waals surface area contributed by atoms with E-state index in [9.17, 15) is 18.7 Å². The second kappa shape index (κ2) is 12.0. The topological polar surface area (TPSA) is 74.2 Å². The number of aromatic nitrogens is 1. The van der Waals surface area contributed by atoms with Crippen LogP contribution < -0.4 is 10.6 Å². The van der Waals surface area contributed by atoms with E-state index in [4.69, 9.17) is 0 Å². The first-order valence-electron chi connectivity index (χ1n) is 10.6. The van der Waals surface area contributed by atoms with Crippen LogP contribution in [0.4, 0.5) is 8.78 Å². The van der Waals surface area contributed by atoms with Crippen molar-refractivity contribution >= 4 is 5.91 Å². The van der Waals surface area contributed by atoms with Crippen molar-refractivity contribution in [3.8, 4) is 0 Å². The summed E-state index contributed by atoms with van der Waals surface area (Å²) in [4.78, 5) is 16.8. The highest BCUT2D eigenvalue weighted by Crippen LogP contribution is 2.12. The maximum absolute atomic E-state index is 13.6. The molecule has 0 aliphatic heterocycles. The lowest BCUT2D eigenvalue weighted by Gasteiger charge is -2.25. The quantitative estimate of drug-likeness (QED) is 0.429. The molecular formula is C25H27F2N3O2. The van der Waals surface area contributed by atoms with Crippen LogP contribution >= 0.6 is 0 Å². The molecule has 0 radical (unpaired) electrons. The fraction of sp³-hybridized carbons (Fsp3) is 0.280. The van der Waals surface area contributed by atoms with E-state index in [0.717, 1.165) is 17.3 Å². The molecule has 3 rings (SSSR count). The number of nitrogens with zero attached hydrogens (tertiary/aromatic N) is 1. The van der Waals surface area contributed by atoms with Gasteiger partial charge in [0.15, 0.2) is 0 Å². The van der Waals surface area contributed by atoms with Crippen molar-refractivity contribution in [3.05, 3.63) is 101 Å². The molecule has 0 fully saturated rings. The number of hydrogen-bond acceptors (Lipinski definition) is 4. The molecule has 2 atom stereocenters. The molecule has 0 bridgehead atoms. The van der Waals surface area contributed by atoms with E-state index in [1.54, 1.807) is 6.20 Å². The molecule has 1 amide bonds. The minimum Gasteiger partial charge on any atom is -0.390 e. The average molecular weight is 440 g/mol. The summed E-state index contributed by atoms with van der Waals surface area (Å²) in [6, 6.07) is 17.7. The maximum atomic E-state index is 13.6. The van der Waals surface area contributed by atoms with Crippen LogP contribution in [0.1, 0.15) is 23.2 Å². The Kier molecular flexibility index (Phi) is 8.83. The van der Waals surface area contributed by atoms with Gasteiger partial charge in [0, 0.05) is 31.8 Å². The van der Waals surface area contributed by atoms with E-state index >= 15 is 0 Å². The fourth-order valence-corrected chi connectivity index (χ4v) is 3.44. The van der Waals surface area contributed by atoms with E-state index < -0.39 is 23.8 Å². The number of nitrogens with one attached hydrogen (secondary N) is 2. The van der Waals surface area contributed by atoms with E-state index in [-0.39, 0.29) is 25.3 Å². The molecule has 168 valence electrons. The first kappa shape index (κ1) is 23.5. The van der Waals surface area contributed by atoms with Crippen molar-refractivity contribution in [2.24, 2.45) is 0 Å². The molecule has 0 aliphatic rings. The molecular weight excluding hydrogens is 412 g/mol. The molecule has 3 aromatic rings. The zero-order valence-corrected chi connectivity index (χ0v) is 17.7. The summed E-state index contributed by atoms with van der Waals surface area (Å²) >= 11 is 0. The molecule has 2 aromatic carbocycles. The zero-order valence-electron chi connectivity index (χ0n) is 17.7. The number of halogens is 2. The molecule has 0 saturated carbocycles. The smallest absolute Gasteiger partial charge is 0.220 e. The summed E-state index contributed by atoms with van der Waals surface area (Å²) < 4.78 is 27.3. The van der Waals surface area contributed by atoms with Gasteiger partial charge in [-0.25, -0.2) is 8.78 Å². The Morgan fingerprint density at radius 2 is 1.69 bits per heavy atom. The monoisotopic (exact) mass is 439 g/mol. The van der Waals surface area contributed by atoms with Crippen LogP contribution in [0.25, 0.3) is 0 Å². The van der Waals surface area contributed by atoms with Crippen molar-refractivity contribution in [1.29, 1.82) is 0 Å². The van der Waals surface area contributed by atoms with Gasteiger partial charge >= 0.3 is 0 Å². The number of carbonyl (C=O) groups excluding carboxylic acids is 1. The molecule has 0 aliphatic carbocycles. The Hall–Kier alpha value is -3.16. The lowest BCUT2D eigenvalue weighted by Crippen LogP contribution is -2.48. The van der Waals surface area contributed by atoms with Gasteiger partial charge in [-0.1, -0.05) is 36.4 Å². The molecule has 0 unspecified atom stereocenters. The van der Waals surface area contributed by atoms with Crippen molar-refractivity contribution in [2.75, 3.05) is 6.54 Å². The predicted molar refractivity (Wildman–Crippen MR) is 119 cm³/mol. The first-order chi connectivity index (χ1) is 15.5. The Bertz CT molecular complexity index is 967. The zero-order chi connectivity index (χ0) is 22.8. The minimum atomic E-state index is -0.967. The molecule has 5 nitrogen and oxygen atoms in total. The summed E-state index contributed by atoms with van der Waals surface area (Å²) in [5.74, 6) is -1.63. The highest BCUT2D eigenvalue weighted by molar-refractivity contribution is 5.76. The number of pyridine rings is 1. The number of hydrogen-bond donors (Lipinski definition) is 3.